The normalized spacial score (nSPS) is 11.2. The van der Waals surface area contributed by atoms with Crippen LogP contribution in [0.3, 0.4) is 0 Å². The first-order chi connectivity index (χ1) is 9.24. The fraction of sp³-hybridized carbons (Fsp3) is 0.438. The molecule has 0 unspecified atom stereocenters. The van der Waals surface area contributed by atoms with Crippen LogP contribution < -0.4 is 5.32 Å². The van der Waals surface area contributed by atoms with Gasteiger partial charge in [0.2, 0.25) is 0 Å². The molecule has 0 aliphatic rings. The maximum Gasteiger partial charge on any atom is 0.0722 e. The number of likely N-dealkylation sites (N-methyl/N-ethyl adjacent to an activating group) is 1. The standard InChI is InChI=1S/C16H23N3/c1-4-19(5-2)11-10-18-16-8-9-17-15-7-6-13(3)12-14(15)16/h6-9,12H,4-5,10-11H2,1-3H3,(H,17,18). The zero-order chi connectivity index (χ0) is 13.7. The zero-order valence-corrected chi connectivity index (χ0v) is 12.1. The van der Waals surface area contributed by atoms with Crippen molar-refractivity contribution in [2.24, 2.45) is 0 Å². The number of fused-ring (bicyclic) bond motifs is 1. The Morgan fingerprint density at radius 1 is 1.16 bits per heavy atom. The quantitative estimate of drug-likeness (QED) is 0.860. The molecule has 1 heterocycles. The number of pyridine rings is 1. The van der Waals surface area contributed by atoms with Gasteiger partial charge in [0, 0.05) is 30.4 Å². The number of anilines is 1. The van der Waals surface area contributed by atoms with E-state index in [9.17, 15) is 0 Å². The van der Waals surface area contributed by atoms with E-state index in [1.807, 2.05) is 6.20 Å². The van der Waals surface area contributed by atoms with Crippen molar-refractivity contribution in [3.05, 3.63) is 36.0 Å². The molecule has 0 saturated carbocycles. The second-order valence-corrected chi connectivity index (χ2v) is 4.83. The highest BCUT2D eigenvalue weighted by Gasteiger charge is 2.03. The summed E-state index contributed by atoms with van der Waals surface area (Å²) >= 11 is 0. The summed E-state index contributed by atoms with van der Waals surface area (Å²) in [4.78, 5) is 6.83. The fourth-order valence-electron chi connectivity index (χ4n) is 2.30. The van der Waals surface area contributed by atoms with Crippen molar-refractivity contribution in [1.29, 1.82) is 0 Å². The molecule has 0 amide bonds. The van der Waals surface area contributed by atoms with Gasteiger partial charge in [0.1, 0.15) is 0 Å². The van der Waals surface area contributed by atoms with E-state index in [-0.39, 0.29) is 0 Å². The number of aromatic nitrogens is 1. The van der Waals surface area contributed by atoms with E-state index in [1.165, 1.54) is 16.6 Å². The highest BCUT2D eigenvalue weighted by atomic mass is 15.1. The van der Waals surface area contributed by atoms with Gasteiger partial charge in [0.25, 0.3) is 0 Å². The van der Waals surface area contributed by atoms with Gasteiger partial charge in [0.05, 0.1) is 5.52 Å². The van der Waals surface area contributed by atoms with Crippen molar-refractivity contribution in [1.82, 2.24) is 9.88 Å². The Balaban J connectivity index is 2.10. The van der Waals surface area contributed by atoms with Gasteiger partial charge in [-0.15, -0.1) is 0 Å². The molecule has 1 N–H and O–H groups in total. The van der Waals surface area contributed by atoms with Gasteiger partial charge in [-0.3, -0.25) is 4.98 Å². The van der Waals surface area contributed by atoms with E-state index in [2.05, 4.69) is 60.2 Å². The summed E-state index contributed by atoms with van der Waals surface area (Å²) in [5.74, 6) is 0. The van der Waals surface area contributed by atoms with Gasteiger partial charge < -0.3 is 10.2 Å². The molecule has 0 aliphatic carbocycles. The molecule has 0 radical (unpaired) electrons. The van der Waals surface area contributed by atoms with E-state index in [0.29, 0.717) is 0 Å². The highest BCUT2D eigenvalue weighted by molar-refractivity contribution is 5.91. The maximum absolute atomic E-state index is 4.41. The Morgan fingerprint density at radius 3 is 2.68 bits per heavy atom. The van der Waals surface area contributed by atoms with E-state index in [1.54, 1.807) is 0 Å². The molecule has 102 valence electrons. The van der Waals surface area contributed by atoms with E-state index in [4.69, 9.17) is 0 Å². The molecule has 19 heavy (non-hydrogen) atoms. The monoisotopic (exact) mass is 257 g/mol. The van der Waals surface area contributed by atoms with Gasteiger partial charge in [-0.1, -0.05) is 25.5 Å². The molecule has 1 aromatic carbocycles. The molecule has 0 fully saturated rings. The summed E-state index contributed by atoms with van der Waals surface area (Å²) < 4.78 is 0. The summed E-state index contributed by atoms with van der Waals surface area (Å²) in [5.41, 5.74) is 3.51. The zero-order valence-electron chi connectivity index (χ0n) is 12.1. The maximum atomic E-state index is 4.41. The number of hydrogen-bond donors (Lipinski definition) is 1. The summed E-state index contributed by atoms with van der Waals surface area (Å²) in [7, 11) is 0. The molecule has 1 aromatic heterocycles. The Kier molecular flexibility index (Phi) is 4.74. The molecule has 3 nitrogen and oxygen atoms in total. The average molecular weight is 257 g/mol. The van der Waals surface area contributed by atoms with Crippen LogP contribution in [0.5, 0.6) is 0 Å². The van der Waals surface area contributed by atoms with Crippen molar-refractivity contribution in [3.63, 3.8) is 0 Å². The Bertz CT molecular complexity index is 533. The first-order valence-electron chi connectivity index (χ1n) is 7.06. The van der Waals surface area contributed by atoms with Crippen LogP contribution >= 0.6 is 0 Å². The van der Waals surface area contributed by atoms with Crippen LogP contribution in [0.4, 0.5) is 5.69 Å². The molecule has 3 heteroatoms. The first kappa shape index (κ1) is 13.8. The minimum atomic E-state index is 0.967. The minimum absolute atomic E-state index is 0.967. The molecule has 0 saturated heterocycles. The second-order valence-electron chi connectivity index (χ2n) is 4.83. The summed E-state index contributed by atoms with van der Waals surface area (Å²) in [5, 5.41) is 4.74. The lowest BCUT2D eigenvalue weighted by Crippen LogP contribution is -2.28. The molecule has 2 aromatic rings. The molecule has 0 spiro atoms. The first-order valence-corrected chi connectivity index (χ1v) is 7.06. The van der Waals surface area contributed by atoms with Crippen LogP contribution in [-0.4, -0.2) is 36.1 Å². The van der Waals surface area contributed by atoms with Crippen molar-refractivity contribution < 1.29 is 0 Å². The number of aryl methyl sites for hydroxylation is 1. The van der Waals surface area contributed by atoms with Crippen molar-refractivity contribution >= 4 is 16.6 Å². The fourth-order valence-corrected chi connectivity index (χ4v) is 2.30. The third-order valence-corrected chi connectivity index (χ3v) is 3.53. The highest BCUT2D eigenvalue weighted by Crippen LogP contribution is 2.22. The van der Waals surface area contributed by atoms with E-state index in [0.717, 1.165) is 31.7 Å². The summed E-state index contributed by atoms with van der Waals surface area (Å²) in [6, 6.07) is 8.45. The predicted molar refractivity (Wildman–Crippen MR) is 82.8 cm³/mol. The van der Waals surface area contributed by atoms with Gasteiger partial charge >= 0.3 is 0 Å². The number of hydrogen-bond acceptors (Lipinski definition) is 3. The van der Waals surface area contributed by atoms with Crippen LogP contribution in [0.1, 0.15) is 19.4 Å². The Morgan fingerprint density at radius 2 is 1.95 bits per heavy atom. The van der Waals surface area contributed by atoms with Crippen LogP contribution in [-0.2, 0) is 0 Å². The van der Waals surface area contributed by atoms with Crippen molar-refractivity contribution in [2.75, 3.05) is 31.5 Å². The largest absolute Gasteiger partial charge is 0.383 e. The summed E-state index contributed by atoms with van der Waals surface area (Å²) in [6.45, 7) is 10.8. The third-order valence-electron chi connectivity index (χ3n) is 3.53. The number of benzene rings is 1. The second kappa shape index (κ2) is 6.53. The smallest absolute Gasteiger partial charge is 0.0722 e. The topological polar surface area (TPSA) is 28.2 Å². The van der Waals surface area contributed by atoms with Gasteiger partial charge in [-0.05, 0) is 38.2 Å². The van der Waals surface area contributed by atoms with E-state index >= 15 is 0 Å². The van der Waals surface area contributed by atoms with Crippen LogP contribution in [0, 0.1) is 6.92 Å². The lowest BCUT2D eigenvalue weighted by molar-refractivity contribution is 0.316. The Hall–Kier alpha value is -1.61. The molecule has 0 atom stereocenters. The third kappa shape index (κ3) is 3.44. The van der Waals surface area contributed by atoms with Gasteiger partial charge in [0.15, 0.2) is 0 Å². The van der Waals surface area contributed by atoms with Crippen LogP contribution in [0.15, 0.2) is 30.5 Å². The SMILES string of the molecule is CCN(CC)CCNc1ccnc2ccc(C)cc12. The Labute approximate surface area is 115 Å². The van der Waals surface area contributed by atoms with Gasteiger partial charge in [-0.25, -0.2) is 0 Å². The molecule has 0 aliphatic heterocycles. The summed E-state index contributed by atoms with van der Waals surface area (Å²) in [6.07, 6.45) is 1.87. The molecular formula is C16H23N3. The van der Waals surface area contributed by atoms with Crippen molar-refractivity contribution in [2.45, 2.75) is 20.8 Å². The van der Waals surface area contributed by atoms with Gasteiger partial charge in [-0.2, -0.15) is 0 Å². The van der Waals surface area contributed by atoms with Crippen molar-refractivity contribution in [3.8, 4) is 0 Å². The number of rotatable bonds is 6. The number of nitrogens with one attached hydrogen (secondary N) is 1. The molecule has 2 rings (SSSR count). The van der Waals surface area contributed by atoms with Crippen LogP contribution in [0.2, 0.25) is 0 Å². The lowest BCUT2D eigenvalue weighted by atomic mass is 10.1. The molecular weight excluding hydrogens is 234 g/mol. The van der Waals surface area contributed by atoms with E-state index < -0.39 is 0 Å². The molecule has 0 bridgehead atoms. The predicted octanol–water partition coefficient (Wildman–Crippen LogP) is 3.30. The lowest BCUT2D eigenvalue weighted by Gasteiger charge is -2.19. The van der Waals surface area contributed by atoms with Crippen LogP contribution in [0.25, 0.3) is 10.9 Å². The minimum Gasteiger partial charge on any atom is -0.383 e. The number of nitrogens with zero attached hydrogens (tertiary/aromatic N) is 2. The average Bonchev–Trinajstić information content (AvgIpc) is 2.44.